The van der Waals surface area contributed by atoms with Crippen molar-refractivity contribution >= 4 is 5.69 Å². The second kappa shape index (κ2) is 6.37. The van der Waals surface area contributed by atoms with Crippen molar-refractivity contribution in [1.29, 1.82) is 0 Å². The predicted octanol–water partition coefficient (Wildman–Crippen LogP) is 1.25. The van der Waals surface area contributed by atoms with Gasteiger partial charge in [0.1, 0.15) is 0 Å². The Morgan fingerprint density at radius 1 is 1.21 bits per heavy atom. The Hall–Kier alpha value is -1.10. The van der Waals surface area contributed by atoms with Gasteiger partial charge >= 0.3 is 0 Å². The number of nitrogen functional groups attached to an aromatic ring is 1. The third-order valence-electron chi connectivity index (χ3n) is 4.03. The molecule has 1 fully saturated rings. The second-order valence-corrected chi connectivity index (χ2v) is 5.37. The van der Waals surface area contributed by atoms with Crippen molar-refractivity contribution in [2.24, 2.45) is 0 Å². The molecule has 0 aliphatic carbocycles. The van der Waals surface area contributed by atoms with Crippen LogP contribution in [0.2, 0.25) is 0 Å². The summed E-state index contributed by atoms with van der Waals surface area (Å²) in [6, 6.07) is 5.84. The number of benzene rings is 1. The molecule has 1 unspecified atom stereocenters. The van der Waals surface area contributed by atoms with E-state index < -0.39 is 6.10 Å². The van der Waals surface area contributed by atoms with Crippen LogP contribution in [0.3, 0.4) is 0 Å². The zero-order valence-corrected chi connectivity index (χ0v) is 12.0. The largest absolute Gasteiger partial charge is 0.399 e. The number of aliphatic hydroxyl groups is 1. The van der Waals surface area contributed by atoms with Gasteiger partial charge in [-0.05, 0) is 30.7 Å². The molecule has 0 bridgehead atoms. The van der Waals surface area contributed by atoms with Crippen LogP contribution in [0.25, 0.3) is 0 Å². The number of anilines is 1. The number of aryl methyl sites for hydroxylation is 1. The van der Waals surface area contributed by atoms with Crippen molar-refractivity contribution in [3.63, 3.8) is 0 Å². The number of rotatable bonds is 4. The Morgan fingerprint density at radius 2 is 1.84 bits per heavy atom. The van der Waals surface area contributed by atoms with Gasteiger partial charge in [0.15, 0.2) is 0 Å². The van der Waals surface area contributed by atoms with Crippen LogP contribution in [0.15, 0.2) is 18.2 Å². The number of nitrogens with zero attached hydrogens (tertiary/aromatic N) is 2. The first-order chi connectivity index (χ1) is 9.10. The highest BCUT2D eigenvalue weighted by Gasteiger charge is 2.19. The molecule has 4 heteroatoms. The lowest BCUT2D eigenvalue weighted by atomic mass is 10.0. The van der Waals surface area contributed by atoms with E-state index in [-0.39, 0.29) is 0 Å². The van der Waals surface area contributed by atoms with Gasteiger partial charge in [-0.2, -0.15) is 0 Å². The van der Waals surface area contributed by atoms with E-state index in [1.54, 1.807) is 0 Å². The van der Waals surface area contributed by atoms with Gasteiger partial charge in [0.2, 0.25) is 0 Å². The van der Waals surface area contributed by atoms with Crippen LogP contribution in [-0.2, 0) is 0 Å². The quantitative estimate of drug-likeness (QED) is 0.803. The van der Waals surface area contributed by atoms with E-state index in [0.717, 1.165) is 49.5 Å². The van der Waals surface area contributed by atoms with Gasteiger partial charge in [0.05, 0.1) is 6.10 Å². The maximum Gasteiger partial charge on any atom is 0.0917 e. The Kier molecular flexibility index (Phi) is 4.80. The van der Waals surface area contributed by atoms with Gasteiger partial charge in [0.25, 0.3) is 0 Å². The number of likely N-dealkylation sites (N-methyl/N-ethyl adjacent to an activating group) is 1. The standard InChI is InChI=1S/C15H25N3O/c1-3-17-6-8-18(9-7-17)11-15(19)13-5-4-12(2)14(16)10-13/h4-5,10,15,19H,3,6-9,11,16H2,1-2H3. The Morgan fingerprint density at radius 3 is 2.42 bits per heavy atom. The van der Waals surface area contributed by atoms with Crippen LogP contribution >= 0.6 is 0 Å². The number of piperazine rings is 1. The van der Waals surface area contributed by atoms with Crippen LogP contribution in [0.5, 0.6) is 0 Å². The topological polar surface area (TPSA) is 52.7 Å². The fourth-order valence-corrected chi connectivity index (χ4v) is 2.50. The van der Waals surface area contributed by atoms with E-state index in [4.69, 9.17) is 5.73 Å². The third kappa shape index (κ3) is 3.69. The van der Waals surface area contributed by atoms with Crippen molar-refractivity contribution < 1.29 is 5.11 Å². The van der Waals surface area contributed by atoms with E-state index in [1.807, 2.05) is 25.1 Å². The maximum atomic E-state index is 10.3. The second-order valence-electron chi connectivity index (χ2n) is 5.37. The van der Waals surface area contributed by atoms with Gasteiger partial charge in [-0.1, -0.05) is 19.1 Å². The Bertz CT molecular complexity index is 414. The van der Waals surface area contributed by atoms with Crippen molar-refractivity contribution in [2.45, 2.75) is 20.0 Å². The molecule has 1 aliphatic heterocycles. The fraction of sp³-hybridized carbons (Fsp3) is 0.600. The van der Waals surface area contributed by atoms with Crippen LogP contribution < -0.4 is 5.73 Å². The van der Waals surface area contributed by atoms with Crippen molar-refractivity contribution in [1.82, 2.24) is 9.80 Å². The number of aliphatic hydroxyl groups excluding tert-OH is 1. The summed E-state index contributed by atoms with van der Waals surface area (Å²) in [5.74, 6) is 0. The molecule has 1 atom stereocenters. The summed E-state index contributed by atoms with van der Waals surface area (Å²) in [6.45, 7) is 10.2. The number of hydrogen-bond donors (Lipinski definition) is 2. The van der Waals surface area contributed by atoms with Gasteiger partial charge in [-0.15, -0.1) is 0 Å². The van der Waals surface area contributed by atoms with E-state index in [0.29, 0.717) is 6.54 Å². The van der Waals surface area contributed by atoms with Crippen LogP contribution in [0.4, 0.5) is 5.69 Å². The molecule has 1 aromatic carbocycles. The number of hydrogen-bond acceptors (Lipinski definition) is 4. The molecule has 0 saturated carbocycles. The fourth-order valence-electron chi connectivity index (χ4n) is 2.50. The molecule has 4 nitrogen and oxygen atoms in total. The van der Waals surface area contributed by atoms with Crippen LogP contribution in [0, 0.1) is 6.92 Å². The minimum atomic E-state index is -0.448. The van der Waals surface area contributed by atoms with Crippen molar-refractivity contribution in [2.75, 3.05) is 45.0 Å². The zero-order chi connectivity index (χ0) is 13.8. The summed E-state index contributed by atoms with van der Waals surface area (Å²) in [7, 11) is 0. The van der Waals surface area contributed by atoms with Gasteiger partial charge in [-0.3, -0.25) is 4.90 Å². The van der Waals surface area contributed by atoms with E-state index in [9.17, 15) is 5.11 Å². The summed E-state index contributed by atoms with van der Waals surface area (Å²) in [5, 5.41) is 10.3. The van der Waals surface area contributed by atoms with Crippen molar-refractivity contribution in [3.8, 4) is 0 Å². The highest BCUT2D eigenvalue weighted by molar-refractivity contribution is 5.48. The SMILES string of the molecule is CCN1CCN(CC(O)c2ccc(C)c(N)c2)CC1. The molecular weight excluding hydrogens is 238 g/mol. The highest BCUT2D eigenvalue weighted by atomic mass is 16.3. The summed E-state index contributed by atoms with van der Waals surface area (Å²) in [6.07, 6.45) is -0.448. The monoisotopic (exact) mass is 263 g/mol. The molecule has 0 amide bonds. The molecule has 106 valence electrons. The zero-order valence-electron chi connectivity index (χ0n) is 12.0. The molecule has 1 saturated heterocycles. The van der Waals surface area contributed by atoms with Gasteiger partial charge < -0.3 is 15.7 Å². The van der Waals surface area contributed by atoms with Crippen LogP contribution in [0.1, 0.15) is 24.2 Å². The molecule has 0 aromatic heterocycles. The minimum Gasteiger partial charge on any atom is -0.399 e. The lowest BCUT2D eigenvalue weighted by Crippen LogP contribution is -2.47. The summed E-state index contributed by atoms with van der Waals surface area (Å²) < 4.78 is 0. The molecular formula is C15H25N3O. The lowest BCUT2D eigenvalue weighted by molar-refractivity contribution is 0.0744. The Labute approximate surface area is 115 Å². The molecule has 19 heavy (non-hydrogen) atoms. The summed E-state index contributed by atoms with van der Waals surface area (Å²) in [5.41, 5.74) is 8.63. The number of β-amino-alcohol motifs (C(OH)–C–C–N with tert-alkyl or cyclic N) is 1. The first-order valence-electron chi connectivity index (χ1n) is 7.09. The van der Waals surface area contributed by atoms with E-state index in [2.05, 4.69) is 16.7 Å². The van der Waals surface area contributed by atoms with Gasteiger partial charge in [0, 0.05) is 38.4 Å². The molecule has 1 heterocycles. The molecule has 2 rings (SSSR count). The first kappa shape index (κ1) is 14.3. The average Bonchev–Trinajstić information content (AvgIpc) is 2.42. The molecule has 3 N–H and O–H groups in total. The van der Waals surface area contributed by atoms with Gasteiger partial charge in [-0.25, -0.2) is 0 Å². The molecule has 1 aliphatic rings. The smallest absolute Gasteiger partial charge is 0.0917 e. The summed E-state index contributed by atoms with van der Waals surface area (Å²) in [4.78, 5) is 4.76. The lowest BCUT2D eigenvalue weighted by Gasteiger charge is -2.35. The van der Waals surface area contributed by atoms with E-state index >= 15 is 0 Å². The Balaban J connectivity index is 1.90. The molecule has 0 spiro atoms. The van der Waals surface area contributed by atoms with Crippen LogP contribution in [-0.4, -0.2) is 54.2 Å². The predicted molar refractivity (Wildman–Crippen MR) is 79.1 cm³/mol. The third-order valence-corrected chi connectivity index (χ3v) is 4.03. The first-order valence-corrected chi connectivity index (χ1v) is 7.09. The average molecular weight is 263 g/mol. The molecule has 1 aromatic rings. The van der Waals surface area contributed by atoms with Crippen molar-refractivity contribution in [3.05, 3.63) is 29.3 Å². The maximum absolute atomic E-state index is 10.3. The number of nitrogens with two attached hydrogens (primary N) is 1. The minimum absolute atomic E-state index is 0.448. The van der Waals surface area contributed by atoms with E-state index in [1.165, 1.54) is 0 Å². The summed E-state index contributed by atoms with van der Waals surface area (Å²) >= 11 is 0. The molecule has 0 radical (unpaired) electrons. The highest BCUT2D eigenvalue weighted by Crippen LogP contribution is 2.20. The normalized spacial score (nSPS) is 19.5.